The Morgan fingerprint density at radius 3 is 2.89 bits per heavy atom. The fraction of sp³-hybridized carbons (Fsp3) is 0.714. The van der Waals surface area contributed by atoms with Crippen molar-refractivity contribution < 1.29 is 4.79 Å². The molecule has 1 aromatic rings. The number of hydrogen-bond donors (Lipinski definition) is 2. The van der Waals surface area contributed by atoms with E-state index in [4.69, 9.17) is 5.73 Å². The Bertz CT molecular complexity index is 454. The second kappa shape index (κ2) is 5.74. The van der Waals surface area contributed by atoms with Crippen LogP contribution in [-0.4, -0.2) is 21.7 Å². The quantitative estimate of drug-likeness (QED) is 0.867. The summed E-state index contributed by atoms with van der Waals surface area (Å²) < 4.78 is 1.78. The molecule has 1 heterocycles. The molecular weight excluding hydrogens is 240 g/mol. The number of nitrogens with zero attached hydrogens (tertiary/aromatic N) is 2. The lowest BCUT2D eigenvalue weighted by Crippen LogP contribution is -2.38. The summed E-state index contributed by atoms with van der Waals surface area (Å²) in [5.74, 6) is 0.203. The second-order valence-corrected chi connectivity index (χ2v) is 5.70. The predicted octanol–water partition coefficient (Wildman–Crippen LogP) is 1.42. The molecule has 3 N–H and O–H groups in total. The molecule has 0 aliphatic heterocycles. The predicted molar refractivity (Wildman–Crippen MR) is 74.4 cm³/mol. The molecule has 1 fully saturated rings. The third-order valence-corrected chi connectivity index (χ3v) is 3.96. The third kappa shape index (κ3) is 3.35. The van der Waals surface area contributed by atoms with E-state index in [1.54, 1.807) is 4.68 Å². The van der Waals surface area contributed by atoms with Gasteiger partial charge < -0.3 is 11.1 Å². The van der Waals surface area contributed by atoms with Gasteiger partial charge in [0.25, 0.3) is 0 Å². The summed E-state index contributed by atoms with van der Waals surface area (Å²) in [6, 6.07) is 0.180. The van der Waals surface area contributed by atoms with E-state index in [0.29, 0.717) is 0 Å². The van der Waals surface area contributed by atoms with Gasteiger partial charge in [0, 0.05) is 30.8 Å². The van der Waals surface area contributed by atoms with Crippen molar-refractivity contribution in [3.05, 3.63) is 17.5 Å². The van der Waals surface area contributed by atoms with Crippen LogP contribution in [0.15, 0.2) is 6.20 Å². The molecule has 1 aromatic heterocycles. The van der Waals surface area contributed by atoms with Crippen molar-refractivity contribution in [1.29, 1.82) is 0 Å². The zero-order valence-corrected chi connectivity index (χ0v) is 12.0. The standard InChI is InChI=1S/C14H24N4O/c1-9(13-8-18(3)17-10(13)2)16-14(19)11-5-4-6-12(15)7-11/h8-9,11-12H,4-7,15H2,1-3H3,(H,16,19). The maximum atomic E-state index is 12.3. The molecule has 1 amide bonds. The molecule has 2 rings (SSSR count). The minimum Gasteiger partial charge on any atom is -0.349 e. The first-order valence-electron chi connectivity index (χ1n) is 7.03. The highest BCUT2D eigenvalue weighted by atomic mass is 16.1. The molecule has 0 spiro atoms. The largest absolute Gasteiger partial charge is 0.349 e. The van der Waals surface area contributed by atoms with Crippen molar-refractivity contribution in [2.45, 2.75) is 51.6 Å². The molecule has 106 valence electrons. The molecule has 3 unspecified atom stereocenters. The Balaban J connectivity index is 1.96. The first-order chi connectivity index (χ1) is 8.97. The van der Waals surface area contributed by atoms with E-state index in [0.717, 1.165) is 36.9 Å². The van der Waals surface area contributed by atoms with Crippen LogP contribution in [-0.2, 0) is 11.8 Å². The van der Waals surface area contributed by atoms with Gasteiger partial charge in [0.2, 0.25) is 5.91 Å². The summed E-state index contributed by atoms with van der Waals surface area (Å²) in [6.45, 7) is 3.97. The van der Waals surface area contributed by atoms with E-state index in [-0.39, 0.29) is 23.9 Å². The highest BCUT2D eigenvalue weighted by Crippen LogP contribution is 2.24. The van der Waals surface area contributed by atoms with E-state index >= 15 is 0 Å². The lowest BCUT2D eigenvalue weighted by Gasteiger charge is -2.27. The molecule has 1 aliphatic carbocycles. The first-order valence-corrected chi connectivity index (χ1v) is 7.03. The van der Waals surface area contributed by atoms with Crippen molar-refractivity contribution in [3.63, 3.8) is 0 Å². The van der Waals surface area contributed by atoms with Gasteiger partial charge in [-0.1, -0.05) is 6.42 Å². The van der Waals surface area contributed by atoms with E-state index in [2.05, 4.69) is 10.4 Å². The van der Waals surface area contributed by atoms with Crippen LogP contribution in [0.5, 0.6) is 0 Å². The zero-order chi connectivity index (χ0) is 14.0. The van der Waals surface area contributed by atoms with Crippen LogP contribution < -0.4 is 11.1 Å². The number of aromatic nitrogens is 2. The third-order valence-electron chi connectivity index (χ3n) is 3.96. The average molecular weight is 264 g/mol. The summed E-state index contributed by atoms with van der Waals surface area (Å²) in [4.78, 5) is 12.3. The van der Waals surface area contributed by atoms with Gasteiger partial charge in [0.15, 0.2) is 0 Å². The van der Waals surface area contributed by atoms with Crippen molar-refractivity contribution in [2.75, 3.05) is 0 Å². The number of rotatable bonds is 3. The van der Waals surface area contributed by atoms with Gasteiger partial charge in [0.1, 0.15) is 0 Å². The van der Waals surface area contributed by atoms with Crippen LogP contribution in [0.2, 0.25) is 0 Å². The van der Waals surface area contributed by atoms with Crippen LogP contribution in [0.4, 0.5) is 0 Å². The Hall–Kier alpha value is -1.36. The van der Waals surface area contributed by atoms with E-state index < -0.39 is 0 Å². The van der Waals surface area contributed by atoms with Gasteiger partial charge in [-0.25, -0.2) is 0 Å². The number of hydrogen-bond acceptors (Lipinski definition) is 3. The molecule has 1 saturated carbocycles. The van der Waals surface area contributed by atoms with Crippen molar-refractivity contribution in [1.82, 2.24) is 15.1 Å². The van der Waals surface area contributed by atoms with Gasteiger partial charge >= 0.3 is 0 Å². The van der Waals surface area contributed by atoms with E-state index in [9.17, 15) is 4.79 Å². The number of nitrogens with one attached hydrogen (secondary N) is 1. The van der Waals surface area contributed by atoms with Crippen LogP contribution in [0, 0.1) is 12.8 Å². The van der Waals surface area contributed by atoms with Crippen LogP contribution in [0.25, 0.3) is 0 Å². The minimum atomic E-state index is -0.000601. The van der Waals surface area contributed by atoms with Crippen LogP contribution in [0.3, 0.4) is 0 Å². The van der Waals surface area contributed by atoms with Gasteiger partial charge in [0.05, 0.1) is 11.7 Å². The monoisotopic (exact) mass is 264 g/mol. The summed E-state index contributed by atoms with van der Waals surface area (Å²) in [6.07, 6.45) is 5.83. The number of amides is 1. The summed E-state index contributed by atoms with van der Waals surface area (Å²) in [5, 5.41) is 7.40. The number of nitrogens with two attached hydrogens (primary N) is 1. The summed E-state index contributed by atoms with van der Waals surface area (Å²) in [7, 11) is 1.89. The summed E-state index contributed by atoms with van der Waals surface area (Å²) in [5.41, 5.74) is 7.99. The SMILES string of the molecule is Cc1nn(C)cc1C(C)NC(=O)C1CCCC(N)C1. The zero-order valence-electron chi connectivity index (χ0n) is 12.0. The lowest BCUT2D eigenvalue weighted by molar-refractivity contribution is -0.126. The maximum Gasteiger partial charge on any atom is 0.223 e. The van der Waals surface area contributed by atoms with Crippen LogP contribution in [0.1, 0.15) is 49.9 Å². The molecule has 0 aromatic carbocycles. The smallest absolute Gasteiger partial charge is 0.223 e. The normalized spacial score (nSPS) is 25.1. The van der Waals surface area contributed by atoms with Gasteiger partial charge in [-0.05, 0) is 33.1 Å². The molecule has 19 heavy (non-hydrogen) atoms. The van der Waals surface area contributed by atoms with Gasteiger partial charge in [-0.3, -0.25) is 9.48 Å². The second-order valence-electron chi connectivity index (χ2n) is 5.70. The highest BCUT2D eigenvalue weighted by molar-refractivity contribution is 5.79. The van der Waals surface area contributed by atoms with Crippen molar-refractivity contribution in [3.8, 4) is 0 Å². The van der Waals surface area contributed by atoms with Gasteiger partial charge in [-0.15, -0.1) is 0 Å². The molecule has 1 aliphatic rings. The topological polar surface area (TPSA) is 72.9 Å². The van der Waals surface area contributed by atoms with Crippen molar-refractivity contribution >= 4 is 5.91 Å². The minimum absolute atomic E-state index is 0.000601. The molecule has 3 atom stereocenters. The fourth-order valence-corrected chi connectivity index (χ4v) is 2.92. The highest BCUT2D eigenvalue weighted by Gasteiger charge is 2.26. The first kappa shape index (κ1) is 14.1. The Morgan fingerprint density at radius 1 is 1.58 bits per heavy atom. The van der Waals surface area contributed by atoms with Crippen LogP contribution >= 0.6 is 0 Å². The van der Waals surface area contributed by atoms with E-state index in [1.165, 1.54) is 0 Å². The molecule has 0 bridgehead atoms. The van der Waals surface area contributed by atoms with Gasteiger partial charge in [-0.2, -0.15) is 5.10 Å². The fourth-order valence-electron chi connectivity index (χ4n) is 2.92. The lowest BCUT2D eigenvalue weighted by atomic mass is 9.85. The molecular formula is C14H24N4O. The Kier molecular flexibility index (Phi) is 4.24. The van der Waals surface area contributed by atoms with Crippen molar-refractivity contribution in [2.24, 2.45) is 18.7 Å². The maximum absolute atomic E-state index is 12.3. The van der Waals surface area contributed by atoms with E-state index in [1.807, 2.05) is 27.1 Å². The molecule has 5 heteroatoms. The number of aryl methyl sites for hydroxylation is 2. The number of carbonyl (C=O) groups is 1. The molecule has 0 saturated heterocycles. The number of carbonyl (C=O) groups excluding carboxylic acids is 1. The Labute approximate surface area is 114 Å². The summed E-state index contributed by atoms with van der Waals surface area (Å²) >= 11 is 0. The Morgan fingerprint density at radius 2 is 2.32 bits per heavy atom. The molecule has 5 nitrogen and oxygen atoms in total. The molecule has 0 radical (unpaired) electrons. The average Bonchev–Trinajstić information content (AvgIpc) is 2.68.